The average Bonchev–Trinajstić information content (AvgIpc) is 2.71. The third-order valence-electron chi connectivity index (χ3n) is 4.03. The van der Waals surface area contributed by atoms with E-state index in [1.807, 2.05) is 0 Å². The van der Waals surface area contributed by atoms with Crippen LogP contribution >= 0.6 is 12.0 Å². The van der Waals surface area contributed by atoms with Gasteiger partial charge in [-0.2, -0.15) is 0 Å². The van der Waals surface area contributed by atoms with Crippen LogP contribution in [0.2, 0.25) is 0 Å². The van der Waals surface area contributed by atoms with Gasteiger partial charge < -0.3 is 20.7 Å². The Kier molecular flexibility index (Phi) is 6.93. The van der Waals surface area contributed by atoms with Crippen LogP contribution in [0.3, 0.4) is 0 Å². The van der Waals surface area contributed by atoms with Gasteiger partial charge in [-0.3, -0.25) is 4.79 Å². The molecule has 0 unspecified atom stereocenters. The van der Waals surface area contributed by atoms with Crippen molar-refractivity contribution in [1.82, 2.24) is 0 Å². The number of fused-ring (bicyclic) bond motifs is 1. The first kappa shape index (κ1) is 23.4. The van der Waals surface area contributed by atoms with E-state index in [1.54, 1.807) is 6.07 Å². The minimum absolute atomic E-state index is 0.0384. The maximum Gasteiger partial charge on any atom is 0.221 e. The molecule has 0 saturated heterocycles. The molecule has 14 heteroatoms. The minimum Gasteiger partial charge on any atom is -0.872 e. The molecule has 0 spiro atoms. The molecular weight excluding hydrogens is 464 g/mol. The van der Waals surface area contributed by atoms with Crippen molar-refractivity contribution in [3.8, 4) is 5.75 Å². The number of anilines is 2. The number of carbonyl (C=O) groups is 1. The SMILES string of the molecule is CC(=O)Nc1ccc(N=Nc2c(N)ccc3cc(SOOO)cc([O-])c23)c(S(=O)(=O)[O-])c1. The van der Waals surface area contributed by atoms with E-state index in [4.69, 9.17) is 11.0 Å². The summed E-state index contributed by atoms with van der Waals surface area (Å²) in [5.74, 6) is -0.973. The second-order valence-electron chi connectivity index (χ2n) is 6.27. The van der Waals surface area contributed by atoms with Crippen LogP contribution in [-0.2, 0) is 24.3 Å². The van der Waals surface area contributed by atoms with Crippen molar-refractivity contribution < 1.29 is 37.5 Å². The van der Waals surface area contributed by atoms with Crippen molar-refractivity contribution in [3.63, 3.8) is 0 Å². The largest absolute Gasteiger partial charge is 0.872 e. The van der Waals surface area contributed by atoms with Gasteiger partial charge in [-0.15, -0.1) is 14.6 Å². The lowest BCUT2D eigenvalue weighted by Gasteiger charge is -2.15. The van der Waals surface area contributed by atoms with Crippen molar-refractivity contribution in [2.24, 2.45) is 10.2 Å². The van der Waals surface area contributed by atoms with Crippen molar-refractivity contribution in [3.05, 3.63) is 42.5 Å². The maximum absolute atomic E-state index is 12.6. The molecule has 12 nitrogen and oxygen atoms in total. The van der Waals surface area contributed by atoms with Gasteiger partial charge in [-0.05, 0) is 35.7 Å². The minimum atomic E-state index is -4.97. The van der Waals surface area contributed by atoms with Crippen LogP contribution in [0.1, 0.15) is 6.92 Å². The fourth-order valence-electron chi connectivity index (χ4n) is 2.79. The normalized spacial score (nSPS) is 11.8. The van der Waals surface area contributed by atoms with Crippen LogP contribution in [-0.4, -0.2) is 24.1 Å². The van der Waals surface area contributed by atoms with Gasteiger partial charge in [0.1, 0.15) is 21.5 Å². The Hall–Kier alpha value is -3.27. The summed E-state index contributed by atoms with van der Waals surface area (Å²) in [6.45, 7) is 1.22. The molecule has 0 radical (unpaired) electrons. The number of carbonyl (C=O) groups excluding carboxylic acids is 1. The molecule has 0 bridgehead atoms. The van der Waals surface area contributed by atoms with E-state index in [-0.39, 0.29) is 28.1 Å². The third-order valence-corrected chi connectivity index (χ3v) is 5.45. The van der Waals surface area contributed by atoms with Crippen LogP contribution in [0.25, 0.3) is 10.8 Å². The highest BCUT2D eigenvalue weighted by Crippen LogP contribution is 2.40. The number of azo groups is 1. The van der Waals surface area contributed by atoms with Crippen LogP contribution in [0, 0.1) is 0 Å². The molecule has 3 aromatic carbocycles. The van der Waals surface area contributed by atoms with Crippen molar-refractivity contribution >= 4 is 61.6 Å². The van der Waals surface area contributed by atoms with Gasteiger partial charge in [0.2, 0.25) is 5.91 Å². The smallest absolute Gasteiger partial charge is 0.221 e. The van der Waals surface area contributed by atoms with E-state index < -0.39 is 26.7 Å². The van der Waals surface area contributed by atoms with E-state index >= 15 is 0 Å². The first-order chi connectivity index (χ1) is 15.1. The molecule has 0 aliphatic rings. The summed E-state index contributed by atoms with van der Waals surface area (Å²) in [6.07, 6.45) is 0. The predicted molar refractivity (Wildman–Crippen MR) is 111 cm³/mol. The van der Waals surface area contributed by atoms with Crippen LogP contribution in [0.15, 0.2) is 62.5 Å². The maximum atomic E-state index is 12.6. The molecule has 4 N–H and O–H groups in total. The van der Waals surface area contributed by atoms with E-state index in [2.05, 4.69) is 24.9 Å². The zero-order valence-electron chi connectivity index (χ0n) is 16.1. The Labute approximate surface area is 185 Å². The Morgan fingerprint density at radius 3 is 2.59 bits per heavy atom. The van der Waals surface area contributed by atoms with Gasteiger partial charge >= 0.3 is 0 Å². The highest BCUT2D eigenvalue weighted by atomic mass is 32.2. The summed E-state index contributed by atoms with van der Waals surface area (Å²) in [5.41, 5.74) is 5.75. The van der Waals surface area contributed by atoms with Crippen LogP contribution in [0.4, 0.5) is 22.7 Å². The van der Waals surface area contributed by atoms with Gasteiger partial charge in [0.25, 0.3) is 0 Å². The lowest BCUT2D eigenvalue weighted by Crippen LogP contribution is -2.07. The Morgan fingerprint density at radius 1 is 1.19 bits per heavy atom. The summed E-state index contributed by atoms with van der Waals surface area (Å²) >= 11 is 0.591. The van der Waals surface area contributed by atoms with Crippen LogP contribution in [0.5, 0.6) is 5.75 Å². The molecule has 0 saturated carbocycles. The van der Waals surface area contributed by atoms with Gasteiger partial charge in [0.05, 0.1) is 22.6 Å². The van der Waals surface area contributed by atoms with E-state index in [1.165, 1.54) is 37.3 Å². The van der Waals surface area contributed by atoms with Crippen molar-refractivity contribution in [2.75, 3.05) is 11.1 Å². The molecule has 3 rings (SSSR count). The first-order valence-corrected chi connectivity index (χ1v) is 10.7. The van der Waals surface area contributed by atoms with Gasteiger partial charge in [0.15, 0.2) is 0 Å². The highest BCUT2D eigenvalue weighted by Gasteiger charge is 2.13. The number of nitrogen functional groups attached to an aromatic ring is 1. The predicted octanol–water partition coefficient (Wildman–Crippen LogP) is 3.20. The lowest BCUT2D eigenvalue weighted by molar-refractivity contribution is -0.432. The highest BCUT2D eigenvalue weighted by molar-refractivity contribution is 7.94. The zero-order valence-corrected chi connectivity index (χ0v) is 17.8. The number of hydrogen-bond acceptors (Lipinski definition) is 12. The number of rotatable bonds is 7. The first-order valence-electron chi connectivity index (χ1n) is 8.57. The fraction of sp³-hybridized carbons (Fsp3) is 0.0556. The third kappa shape index (κ3) is 5.31. The lowest BCUT2D eigenvalue weighted by atomic mass is 10.1. The molecule has 32 heavy (non-hydrogen) atoms. The molecule has 168 valence electrons. The van der Waals surface area contributed by atoms with Crippen molar-refractivity contribution in [2.45, 2.75) is 16.7 Å². The van der Waals surface area contributed by atoms with Gasteiger partial charge in [-0.1, -0.05) is 22.9 Å². The molecule has 0 heterocycles. The molecule has 3 aromatic rings. The zero-order chi connectivity index (χ0) is 23.5. The monoisotopic (exact) mass is 478 g/mol. The summed E-state index contributed by atoms with van der Waals surface area (Å²) in [5, 5.41) is 35.0. The van der Waals surface area contributed by atoms with Gasteiger partial charge in [0, 0.05) is 22.9 Å². The summed E-state index contributed by atoms with van der Waals surface area (Å²) in [6, 6.07) is 9.19. The molecule has 0 fully saturated rings. The topological polar surface area (TPSA) is 199 Å². The summed E-state index contributed by atoms with van der Waals surface area (Å²) in [4.78, 5) is 10.8. The Bertz CT molecular complexity index is 1330. The number of nitrogens with two attached hydrogens (primary N) is 1. The van der Waals surface area contributed by atoms with Gasteiger partial charge in [-0.25, -0.2) is 13.7 Å². The number of amides is 1. The second kappa shape index (κ2) is 9.47. The number of benzene rings is 3. The fourth-order valence-corrected chi connectivity index (χ4v) is 3.87. The average molecular weight is 478 g/mol. The Morgan fingerprint density at radius 2 is 1.94 bits per heavy atom. The summed E-state index contributed by atoms with van der Waals surface area (Å²) in [7, 11) is -4.97. The number of nitrogens with one attached hydrogen (secondary N) is 1. The quantitative estimate of drug-likeness (QED) is 0.113. The summed E-state index contributed by atoms with van der Waals surface area (Å²) < 4.78 is 39.3. The molecule has 0 atom stereocenters. The Balaban J connectivity index is 2.10. The van der Waals surface area contributed by atoms with Crippen LogP contribution < -0.4 is 16.2 Å². The standard InChI is InChI=1S/C18H16N4O8S2/c1-9(23)20-11-3-5-14(16(7-11)32(26,27)28)21-22-18-13(19)4-2-10-6-12(31-30-29-25)8-15(24)17(10)18/h2-8,24-25H,19H2,1H3,(H,20,23)(H,26,27,28)/p-2. The molecule has 1 amide bonds. The van der Waals surface area contributed by atoms with E-state index in [0.717, 1.165) is 6.07 Å². The number of hydrogen-bond donors (Lipinski definition) is 3. The van der Waals surface area contributed by atoms with E-state index in [9.17, 15) is 22.9 Å². The molecule has 0 aromatic heterocycles. The van der Waals surface area contributed by atoms with Crippen molar-refractivity contribution in [1.29, 1.82) is 0 Å². The molecule has 0 aliphatic heterocycles. The second-order valence-corrected chi connectivity index (χ2v) is 8.39. The molecule has 0 aliphatic carbocycles. The number of nitrogens with zero attached hydrogens (tertiary/aromatic N) is 2. The molecular formula is C18H14N4O8S2-2. The van der Waals surface area contributed by atoms with E-state index in [0.29, 0.717) is 22.3 Å².